The summed E-state index contributed by atoms with van der Waals surface area (Å²) in [6.07, 6.45) is 6.50. The molecule has 0 radical (unpaired) electrons. The number of hydrogen-bond donors (Lipinski definition) is 1. The number of halogens is 1. The summed E-state index contributed by atoms with van der Waals surface area (Å²) >= 11 is 0. The zero-order valence-corrected chi connectivity index (χ0v) is 8.48. The molecule has 2 rings (SSSR count). The minimum atomic E-state index is -0.615. The summed E-state index contributed by atoms with van der Waals surface area (Å²) in [6, 6.07) is 0. The van der Waals surface area contributed by atoms with Crippen LogP contribution in [-0.2, 0) is 0 Å². The number of hydrogen-bond acceptors (Lipinski definition) is 1. The molecule has 0 aromatic carbocycles. The van der Waals surface area contributed by atoms with Crippen LogP contribution in [0.1, 0.15) is 45.4 Å². The lowest BCUT2D eigenvalue weighted by molar-refractivity contribution is 0.118. The molecule has 13 heavy (non-hydrogen) atoms. The van der Waals surface area contributed by atoms with Crippen LogP contribution in [0.25, 0.3) is 0 Å². The Labute approximate surface area is 80.1 Å². The van der Waals surface area contributed by atoms with E-state index in [4.69, 9.17) is 0 Å². The van der Waals surface area contributed by atoms with E-state index in [9.17, 15) is 4.39 Å². The van der Waals surface area contributed by atoms with Crippen LogP contribution >= 0.6 is 0 Å². The van der Waals surface area contributed by atoms with Gasteiger partial charge in [0.25, 0.3) is 0 Å². The third-order valence-corrected chi connectivity index (χ3v) is 4.01. The summed E-state index contributed by atoms with van der Waals surface area (Å²) in [7, 11) is 0. The van der Waals surface area contributed by atoms with Crippen molar-refractivity contribution in [2.45, 2.75) is 57.2 Å². The first-order valence-corrected chi connectivity index (χ1v) is 5.62. The van der Waals surface area contributed by atoms with Gasteiger partial charge in [-0.3, -0.25) is 0 Å². The summed E-state index contributed by atoms with van der Waals surface area (Å²) in [5.41, 5.74) is -0.194. The molecule has 0 aromatic heterocycles. The van der Waals surface area contributed by atoms with Crippen molar-refractivity contribution in [3.8, 4) is 0 Å². The first-order valence-electron chi connectivity index (χ1n) is 5.62. The Morgan fingerprint density at radius 1 is 1.15 bits per heavy atom. The first-order chi connectivity index (χ1) is 6.23. The highest BCUT2D eigenvalue weighted by Crippen LogP contribution is 2.38. The highest BCUT2D eigenvalue weighted by Gasteiger charge is 2.44. The molecule has 1 aliphatic heterocycles. The summed E-state index contributed by atoms with van der Waals surface area (Å²) in [5.74, 6) is 0.582. The maximum atomic E-state index is 13.7. The minimum absolute atomic E-state index is 0.194. The number of rotatable bonds is 1. The van der Waals surface area contributed by atoms with Gasteiger partial charge in [0.15, 0.2) is 0 Å². The van der Waals surface area contributed by atoms with Crippen LogP contribution in [0, 0.1) is 5.92 Å². The fourth-order valence-corrected chi connectivity index (χ4v) is 2.98. The van der Waals surface area contributed by atoms with Gasteiger partial charge in [0.2, 0.25) is 0 Å². The van der Waals surface area contributed by atoms with Gasteiger partial charge in [-0.25, -0.2) is 4.39 Å². The fraction of sp³-hybridized carbons (Fsp3) is 1.00. The zero-order chi connectivity index (χ0) is 9.31. The van der Waals surface area contributed by atoms with Crippen molar-refractivity contribution in [1.29, 1.82) is 0 Å². The SMILES string of the molecule is CC1(C2CCCCC2)NCCC1F. The zero-order valence-electron chi connectivity index (χ0n) is 8.48. The first kappa shape index (κ1) is 9.45. The molecular formula is C11H20FN. The van der Waals surface area contributed by atoms with Crippen LogP contribution in [0.5, 0.6) is 0 Å². The molecular weight excluding hydrogens is 165 g/mol. The topological polar surface area (TPSA) is 12.0 Å². The predicted octanol–water partition coefficient (Wildman–Crippen LogP) is 2.66. The largest absolute Gasteiger partial charge is 0.309 e. The van der Waals surface area contributed by atoms with Gasteiger partial charge in [-0.05, 0) is 38.6 Å². The van der Waals surface area contributed by atoms with Gasteiger partial charge in [-0.2, -0.15) is 0 Å². The predicted molar refractivity (Wildman–Crippen MR) is 52.5 cm³/mol. The van der Waals surface area contributed by atoms with Gasteiger partial charge >= 0.3 is 0 Å². The van der Waals surface area contributed by atoms with Gasteiger partial charge in [-0.1, -0.05) is 19.3 Å². The van der Waals surface area contributed by atoms with Crippen molar-refractivity contribution in [3.63, 3.8) is 0 Å². The Hall–Kier alpha value is -0.110. The molecule has 0 spiro atoms. The van der Waals surface area contributed by atoms with Gasteiger partial charge in [0, 0.05) is 5.54 Å². The molecule has 1 N–H and O–H groups in total. The second-order valence-electron chi connectivity index (χ2n) is 4.80. The number of alkyl halides is 1. The Morgan fingerprint density at radius 3 is 2.38 bits per heavy atom. The molecule has 2 heteroatoms. The van der Waals surface area contributed by atoms with Gasteiger partial charge in [-0.15, -0.1) is 0 Å². The molecule has 0 bridgehead atoms. The van der Waals surface area contributed by atoms with Crippen LogP contribution in [0.3, 0.4) is 0 Å². The monoisotopic (exact) mass is 185 g/mol. The average Bonchev–Trinajstić information content (AvgIpc) is 2.50. The Bertz CT molecular complexity index is 177. The molecule has 1 saturated carbocycles. The molecule has 2 unspecified atom stereocenters. The van der Waals surface area contributed by atoms with Crippen molar-refractivity contribution >= 4 is 0 Å². The lowest BCUT2D eigenvalue weighted by Crippen LogP contribution is -2.50. The molecule has 1 heterocycles. The van der Waals surface area contributed by atoms with E-state index in [1.807, 2.05) is 0 Å². The lowest BCUT2D eigenvalue weighted by atomic mass is 9.74. The summed E-state index contributed by atoms with van der Waals surface area (Å²) in [6.45, 7) is 2.95. The third-order valence-electron chi connectivity index (χ3n) is 4.01. The lowest BCUT2D eigenvalue weighted by Gasteiger charge is -2.38. The molecule has 1 aliphatic carbocycles. The summed E-state index contributed by atoms with van der Waals surface area (Å²) in [4.78, 5) is 0. The standard InChI is InChI=1S/C11H20FN/c1-11(10(12)7-8-13-11)9-5-3-2-4-6-9/h9-10,13H,2-8H2,1H3. The minimum Gasteiger partial charge on any atom is -0.309 e. The van der Waals surface area contributed by atoms with Gasteiger partial charge < -0.3 is 5.32 Å². The molecule has 76 valence electrons. The van der Waals surface area contributed by atoms with E-state index in [2.05, 4.69) is 12.2 Å². The van der Waals surface area contributed by atoms with Crippen molar-refractivity contribution in [2.24, 2.45) is 5.92 Å². The van der Waals surface area contributed by atoms with Crippen molar-refractivity contribution < 1.29 is 4.39 Å². The van der Waals surface area contributed by atoms with Crippen LogP contribution in [0.4, 0.5) is 4.39 Å². The highest BCUT2D eigenvalue weighted by atomic mass is 19.1. The fourth-order valence-electron chi connectivity index (χ4n) is 2.98. The van der Waals surface area contributed by atoms with E-state index >= 15 is 0 Å². The number of nitrogens with one attached hydrogen (secondary N) is 1. The average molecular weight is 185 g/mol. The van der Waals surface area contributed by atoms with Crippen LogP contribution in [-0.4, -0.2) is 18.3 Å². The summed E-state index contributed by atoms with van der Waals surface area (Å²) in [5, 5.41) is 3.38. The third kappa shape index (κ3) is 1.61. The maximum absolute atomic E-state index is 13.7. The van der Waals surface area contributed by atoms with Crippen LogP contribution in [0.15, 0.2) is 0 Å². The molecule has 2 fully saturated rings. The van der Waals surface area contributed by atoms with E-state index in [1.54, 1.807) is 0 Å². The Balaban J connectivity index is 2.03. The molecule has 2 atom stereocenters. The van der Waals surface area contributed by atoms with Crippen molar-refractivity contribution in [2.75, 3.05) is 6.54 Å². The van der Waals surface area contributed by atoms with E-state index in [0.29, 0.717) is 12.3 Å². The van der Waals surface area contributed by atoms with Crippen LogP contribution in [0.2, 0.25) is 0 Å². The summed E-state index contributed by atoms with van der Waals surface area (Å²) < 4.78 is 13.7. The van der Waals surface area contributed by atoms with Crippen LogP contribution < -0.4 is 5.32 Å². The van der Waals surface area contributed by atoms with E-state index in [-0.39, 0.29) is 5.54 Å². The van der Waals surface area contributed by atoms with Gasteiger partial charge in [0.05, 0.1) is 0 Å². The molecule has 1 saturated heterocycles. The molecule has 0 aromatic rings. The smallest absolute Gasteiger partial charge is 0.119 e. The molecule has 2 aliphatic rings. The van der Waals surface area contributed by atoms with Crippen molar-refractivity contribution in [3.05, 3.63) is 0 Å². The van der Waals surface area contributed by atoms with E-state index in [1.165, 1.54) is 32.1 Å². The molecule has 1 nitrogen and oxygen atoms in total. The molecule has 0 amide bonds. The second-order valence-corrected chi connectivity index (χ2v) is 4.80. The second kappa shape index (κ2) is 3.56. The maximum Gasteiger partial charge on any atom is 0.119 e. The normalized spacial score (nSPS) is 42.5. The van der Waals surface area contributed by atoms with Crippen molar-refractivity contribution in [1.82, 2.24) is 5.32 Å². The quantitative estimate of drug-likeness (QED) is 0.662. The Morgan fingerprint density at radius 2 is 1.85 bits per heavy atom. The van der Waals surface area contributed by atoms with E-state index in [0.717, 1.165) is 6.54 Å². The van der Waals surface area contributed by atoms with E-state index < -0.39 is 6.17 Å². The van der Waals surface area contributed by atoms with Gasteiger partial charge in [0.1, 0.15) is 6.17 Å². The Kier molecular flexibility index (Phi) is 2.59. The highest BCUT2D eigenvalue weighted by molar-refractivity contribution is 5.01.